The van der Waals surface area contributed by atoms with Crippen LogP contribution < -0.4 is 15.6 Å². The van der Waals surface area contributed by atoms with Crippen LogP contribution in [0.25, 0.3) is 0 Å². The van der Waals surface area contributed by atoms with Gasteiger partial charge in [-0.05, 0) is 0 Å². The van der Waals surface area contributed by atoms with E-state index in [1.807, 2.05) is 0 Å². The second kappa shape index (κ2) is 18.4. The van der Waals surface area contributed by atoms with Gasteiger partial charge >= 0.3 is 291 Å². The van der Waals surface area contributed by atoms with Crippen molar-refractivity contribution in [1.29, 1.82) is 0 Å². The minimum Gasteiger partial charge on any atom is -0.147 e. The Bertz CT molecular complexity index is 1360. The summed E-state index contributed by atoms with van der Waals surface area (Å²) in [6.07, 6.45) is 4.70. The van der Waals surface area contributed by atoms with Gasteiger partial charge in [-0.3, -0.25) is 0 Å². The fourth-order valence-electron chi connectivity index (χ4n) is 7.02. The Kier molecular flexibility index (Phi) is 17.3. The van der Waals surface area contributed by atoms with Gasteiger partial charge in [0.25, 0.3) is 0 Å². The largest absolute Gasteiger partial charge is 0.147 e. The molecule has 0 nitrogen and oxygen atoms in total. The Morgan fingerprint density at radius 2 is 0.729 bits per heavy atom. The molecule has 1 aliphatic rings. The first kappa shape index (κ1) is 45.0. The molecule has 0 unspecified atom stereocenters. The van der Waals surface area contributed by atoms with Gasteiger partial charge in [-0.2, -0.15) is 0 Å². The first-order valence-corrected chi connectivity index (χ1v) is 20.5. The van der Waals surface area contributed by atoms with E-state index in [-0.39, 0.29) is 37.2 Å². The molecule has 0 radical (unpaired) electrons. The molecule has 0 atom stereocenters. The first-order valence-electron chi connectivity index (χ1n) is 17.7. The molecular formula is C43H62Cl3SiTi. The molecule has 0 heterocycles. The molecule has 0 N–H and O–H groups in total. The second-order valence-corrected chi connectivity index (χ2v) is 20.2. The molecule has 3 aromatic carbocycles. The topological polar surface area (TPSA) is 0 Å². The first-order chi connectivity index (χ1) is 21.1. The molecule has 0 fully saturated rings. The molecule has 4 rings (SSSR count). The van der Waals surface area contributed by atoms with Crippen molar-refractivity contribution in [3.8, 4) is 0 Å². The summed E-state index contributed by atoms with van der Waals surface area (Å²) in [4.78, 5) is 0. The van der Waals surface area contributed by atoms with Gasteiger partial charge in [-0.1, -0.05) is 0 Å². The van der Waals surface area contributed by atoms with Gasteiger partial charge in [0.2, 0.25) is 0 Å². The van der Waals surface area contributed by atoms with Gasteiger partial charge in [-0.25, -0.2) is 0 Å². The van der Waals surface area contributed by atoms with Gasteiger partial charge in [0.15, 0.2) is 0 Å². The van der Waals surface area contributed by atoms with Crippen molar-refractivity contribution in [3.63, 3.8) is 0 Å². The molecule has 1 aliphatic carbocycles. The van der Waals surface area contributed by atoms with E-state index < -0.39 is 8.07 Å². The minimum atomic E-state index is -2.79. The van der Waals surface area contributed by atoms with Gasteiger partial charge in [0, 0.05) is 0 Å². The van der Waals surface area contributed by atoms with Crippen molar-refractivity contribution in [2.45, 2.75) is 138 Å². The Hall–Kier alpha value is -1.06. The molecule has 0 aliphatic heterocycles. The van der Waals surface area contributed by atoms with Crippen molar-refractivity contribution in [2.75, 3.05) is 0 Å². The van der Waals surface area contributed by atoms with Crippen LogP contribution in [-0.2, 0) is 20.4 Å². The standard InChI is InChI=1S/C43H59Si.3ClH.Ti/c1-14-33-16-15-17-43(33)44(40-21-34(27(2)3)18-35(22-40)28(4)5,41-23-36(29(6)7)19-37(24-41)30(8)9)42-25-38(31(10)11)20-39(26-42)32(12)13;;;;/h16,18-32H,14-15H2,1-13H3;3*1H;. The fraction of sp³-hybridized carbons (Fsp3) is 0.488. The second-order valence-electron chi connectivity index (χ2n) is 15.5. The van der Waals surface area contributed by atoms with Crippen molar-refractivity contribution >= 4 is 60.9 Å². The van der Waals surface area contributed by atoms with E-state index in [9.17, 15) is 0 Å². The van der Waals surface area contributed by atoms with Gasteiger partial charge in [0.1, 0.15) is 0 Å². The summed E-state index contributed by atoms with van der Waals surface area (Å²) in [7, 11) is -2.79. The number of allylic oxidation sites excluding steroid dienone is 4. The van der Waals surface area contributed by atoms with Gasteiger partial charge in [-0.15, -0.1) is 37.2 Å². The smallest absolute Gasteiger partial charge is 0.147 e. The van der Waals surface area contributed by atoms with Crippen LogP contribution >= 0.6 is 37.2 Å². The summed E-state index contributed by atoms with van der Waals surface area (Å²) in [6, 6.07) is 23.3. The normalized spacial score (nSPS) is 13.4. The number of rotatable bonds is 11. The maximum atomic E-state index is 2.64. The summed E-state index contributed by atoms with van der Waals surface area (Å²) in [5, 5.41) is 6.38. The van der Waals surface area contributed by atoms with E-state index in [0.717, 1.165) is 12.8 Å². The molecule has 0 amide bonds. The Labute approximate surface area is 326 Å². The molecular weight excluding hydrogens is 699 g/mol. The number of halogens is 3. The Morgan fingerprint density at radius 1 is 0.479 bits per heavy atom. The predicted molar refractivity (Wildman–Crippen MR) is 220 cm³/mol. The molecule has 263 valence electrons. The molecule has 0 aromatic heterocycles. The monoisotopic (exact) mass is 759 g/mol. The van der Waals surface area contributed by atoms with Gasteiger partial charge in [0.05, 0.1) is 0 Å². The van der Waals surface area contributed by atoms with Crippen LogP contribution in [-0.4, -0.2) is 8.07 Å². The van der Waals surface area contributed by atoms with E-state index in [4.69, 9.17) is 0 Å². The summed E-state index contributed by atoms with van der Waals surface area (Å²) in [6.45, 7) is 30.8. The predicted octanol–water partition coefficient (Wildman–Crippen LogP) is 12.2. The molecule has 0 saturated carbocycles. The molecule has 0 bridgehead atoms. The van der Waals surface area contributed by atoms with E-state index in [0.29, 0.717) is 35.5 Å². The molecule has 48 heavy (non-hydrogen) atoms. The zero-order valence-electron chi connectivity index (χ0n) is 31.9. The number of hydrogen-bond acceptors (Lipinski definition) is 0. The van der Waals surface area contributed by atoms with E-state index in [1.54, 1.807) is 30.2 Å². The minimum absolute atomic E-state index is 0. The Balaban J connectivity index is 0.00000384. The third kappa shape index (κ3) is 9.05. The summed E-state index contributed by atoms with van der Waals surface area (Å²) in [5.74, 6) is 2.81. The molecule has 0 saturated heterocycles. The zero-order valence-corrected chi connectivity index (χ0v) is 36.9. The fourth-order valence-corrected chi connectivity index (χ4v) is 13.8. The maximum Gasteiger partial charge on any atom is -0.147 e. The average molecular weight is 761 g/mol. The zero-order chi connectivity index (χ0) is 33.4. The van der Waals surface area contributed by atoms with Gasteiger partial charge < -0.3 is 0 Å². The van der Waals surface area contributed by atoms with Crippen LogP contribution in [0.15, 0.2) is 75.3 Å². The molecule has 0 spiro atoms. The van der Waals surface area contributed by atoms with Crippen LogP contribution in [0.2, 0.25) is 0 Å². The van der Waals surface area contributed by atoms with Crippen molar-refractivity contribution in [1.82, 2.24) is 0 Å². The van der Waals surface area contributed by atoms with Crippen LogP contribution in [0.3, 0.4) is 0 Å². The van der Waals surface area contributed by atoms with E-state index >= 15 is 0 Å². The summed E-state index contributed by atoms with van der Waals surface area (Å²) in [5.41, 5.74) is 10.4. The van der Waals surface area contributed by atoms with Crippen LogP contribution in [0.5, 0.6) is 0 Å². The summed E-state index contributed by atoms with van der Waals surface area (Å²) >= 11 is 2.44. The van der Waals surface area contributed by atoms with Crippen molar-refractivity contribution in [3.05, 3.63) is 109 Å². The van der Waals surface area contributed by atoms with Crippen LogP contribution in [0.1, 0.15) is 172 Å². The van der Waals surface area contributed by atoms with Crippen molar-refractivity contribution in [2.24, 2.45) is 0 Å². The number of hydrogen-bond donors (Lipinski definition) is 0. The molecule has 3 aromatic rings. The summed E-state index contributed by atoms with van der Waals surface area (Å²) < 4.78 is 1.57. The Morgan fingerprint density at radius 3 is 0.938 bits per heavy atom. The molecule has 5 heteroatoms. The van der Waals surface area contributed by atoms with Crippen LogP contribution in [0.4, 0.5) is 0 Å². The van der Waals surface area contributed by atoms with Crippen LogP contribution in [0, 0.1) is 0 Å². The third-order valence-corrected chi connectivity index (χ3v) is 16.1. The quantitative estimate of drug-likeness (QED) is 0.135. The average Bonchev–Trinajstić information content (AvgIpc) is 3.37. The van der Waals surface area contributed by atoms with E-state index in [1.165, 1.54) is 33.4 Å². The number of benzene rings is 3. The van der Waals surface area contributed by atoms with Crippen molar-refractivity contribution < 1.29 is 20.4 Å². The SMILES string of the molecule is CCC1=CC[C]([Ti])=C1[Si](c1cc(C(C)C)cc(C(C)C)c1)(c1cc(C(C)C)cc(C(C)C)c1)c1cc(C(C)C)cc(C(C)C)c1.Cl.Cl.Cl. The van der Waals surface area contributed by atoms with E-state index in [2.05, 4.69) is 171 Å². The third-order valence-electron chi connectivity index (χ3n) is 10.2. The maximum absolute atomic E-state index is 2.79.